The molecule has 0 saturated heterocycles. The van der Waals surface area contributed by atoms with Crippen LogP contribution in [0.3, 0.4) is 0 Å². The van der Waals surface area contributed by atoms with Gasteiger partial charge in [0.1, 0.15) is 5.76 Å². The van der Waals surface area contributed by atoms with Crippen LogP contribution in [-0.2, 0) is 0 Å². The van der Waals surface area contributed by atoms with E-state index in [1.54, 1.807) is 36.4 Å². The van der Waals surface area contributed by atoms with Crippen molar-refractivity contribution in [2.45, 2.75) is 0 Å². The van der Waals surface area contributed by atoms with Gasteiger partial charge < -0.3 is 10.2 Å². The molecule has 9 heteroatoms. The van der Waals surface area contributed by atoms with Gasteiger partial charge in [-0.25, -0.2) is 14.8 Å². The molecule has 0 aliphatic carbocycles. The zero-order valence-electron chi connectivity index (χ0n) is 14.5. The van der Waals surface area contributed by atoms with Gasteiger partial charge in [0.25, 0.3) is 11.9 Å². The van der Waals surface area contributed by atoms with Gasteiger partial charge in [-0.1, -0.05) is 43.0 Å². The number of aromatic carboxylic acids is 1. The number of rotatable bonds is 6. The van der Waals surface area contributed by atoms with E-state index in [0.29, 0.717) is 11.1 Å². The predicted molar refractivity (Wildman–Crippen MR) is 104 cm³/mol. The minimum absolute atomic E-state index is 0.00538. The Labute approximate surface area is 159 Å². The number of carbonyl (C=O) groups is 1. The minimum atomic E-state index is -0.994. The van der Waals surface area contributed by atoms with Crippen LogP contribution in [0.15, 0.2) is 65.1 Å². The Morgan fingerprint density at radius 1 is 0.750 bits per heavy atom. The fourth-order valence-corrected chi connectivity index (χ4v) is 2.06. The number of carboxylic acids is 1. The number of nitrogens with zero attached hydrogens (tertiary/aromatic N) is 6. The third kappa shape index (κ3) is 4.88. The first-order chi connectivity index (χ1) is 13.5. The first kappa shape index (κ1) is 18.5. The standard InChI is InChI=1S/C19H14N6O3/c1-12(26)15-6-2-13(3-7-15)10-20-18-22-24-19(25-23-18)21-11-14-4-8-16(9-5-14)17(27)28/h2-11,26H,1H2,(H,27,28). The third-order valence-corrected chi connectivity index (χ3v) is 3.52. The van der Waals surface area contributed by atoms with Crippen LogP contribution in [0, 0.1) is 0 Å². The maximum Gasteiger partial charge on any atom is 0.335 e. The van der Waals surface area contributed by atoms with Crippen molar-refractivity contribution in [2.75, 3.05) is 0 Å². The average molecular weight is 374 g/mol. The number of aliphatic hydroxyl groups is 1. The molecule has 1 aromatic heterocycles. The van der Waals surface area contributed by atoms with Gasteiger partial charge in [0.05, 0.1) is 5.56 Å². The molecule has 9 nitrogen and oxygen atoms in total. The molecule has 0 aliphatic rings. The molecule has 0 aliphatic heterocycles. The van der Waals surface area contributed by atoms with E-state index in [0.717, 1.165) is 5.56 Å². The van der Waals surface area contributed by atoms with Crippen LogP contribution >= 0.6 is 0 Å². The van der Waals surface area contributed by atoms with E-state index in [4.69, 9.17) is 5.11 Å². The number of hydrogen-bond donors (Lipinski definition) is 2. The highest BCUT2D eigenvalue weighted by Gasteiger charge is 2.01. The van der Waals surface area contributed by atoms with E-state index in [-0.39, 0.29) is 23.2 Å². The number of aromatic nitrogens is 4. The lowest BCUT2D eigenvalue weighted by Crippen LogP contribution is -1.96. The van der Waals surface area contributed by atoms with E-state index in [1.165, 1.54) is 24.6 Å². The second-order valence-corrected chi connectivity index (χ2v) is 5.51. The molecular weight excluding hydrogens is 360 g/mol. The molecule has 0 bridgehead atoms. The first-order valence-electron chi connectivity index (χ1n) is 7.98. The van der Waals surface area contributed by atoms with Crippen LogP contribution in [0.5, 0.6) is 0 Å². The summed E-state index contributed by atoms with van der Waals surface area (Å²) in [6.45, 7) is 3.45. The summed E-state index contributed by atoms with van der Waals surface area (Å²) in [4.78, 5) is 18.9. The number of benzene rings is 2. The van der Waals surface area contributed by atoms with Crippen molar-refractivity contribution in [3.05, 3.63) is 77.4 Å². The summed E-state index contributed by atoms with van der Waals surface area (Å²) in [5, 5.41) is 33.4. The smallest absolute Gasteiger partial charge is 0.335 e. The second kappa shape index (κ2) is 8.41. The molecule has 3 aromatic rings. The minimum Gasteiger partial charge on any atom is -0.508 e. The summed E-state index contributed by atoms with van der Waals surface area (Å²) < 4.78 is 0. The van der Waals surface area contributed by atoms with Crippen molar-refractivity contribution in [3.63, 3.8) is 0 Å². The third-order valence-electron chi connectivity index (χ3n) is 3.52. The quantitative estimate of drug-likeness (QED) is 0.500. The number of hydrogen-bond acceptors (Lipinski definition) is 8. The topological polar surface area (TPSA) is 134 Å². The Morgan fingerprint density at radius 2 is 1.14 bits per heavy atom. The Bertz CT molecular complexity index is 956. The molecule has 0 saturated carbocycles. The fraction of sp³-hybridized carbons (Fsp3) is 0. The maximum absolute atomic E-state index is 10.8. The molecule has 0 spiro atoms. The second-order valence-electron chi connectivity index (χ2n) is 5.51. The van der Waals surface area contributed by atoms with Crippen molar-refractivity contribution in [2.24, 2.45) is 9.98 Å². The van der Waals surface area contributed by atoms with Gasteiger partial charge in [-0.3, -0.25) is 0 Å². The van der Waals surface area contributed by atoms with Gasteiger partial charge in [-0.2, -0.15) is 0 Å². The van der Waals surface area contributed by atoms with Crippen LogP contribution in [0.25, 0.3) is 5.76 Å². The first-order valence-corrected chi connectivity index (χ1v) is 7.98. The SMILES string of the molecule is C=C(O)c1ccc(C=Nc2nnc(N=Cc3ccc(C(=O)O)cc3)nn2)cc1. The predicted octanol–water partition coefficient (Wildman–Crippen LogP) is 2.99. The molecule has 0 amide bonds. The zero-order valence-corrected chi connectivity index (χ0v) is 14.5. The van der Waals surface area contributed by atoms with Crippen LogP contribution in [0.2, 0.25) is 0 Å². The van der Waals surface area contributed by atoms with Gasteiger partial charge in [0, 0.05) is 18.0 Å². The van der Waals surface area contributed by atoms with Crippen LogP contribution in [-0.4, -0.2) is 49.0 Å². The molecule has 0 atom stereocenters. The largest absolute Gasteiger partial charge is 0.508 e. The monoisotopic (exact) mass is 374 g/mol. The van der Waals surface area contributed by atoms with Crippen molar-refractivity contribution >= 4 is 36.1 Å². The Morgan fingerprint density at radius 3 is 1.50 bits per heavy atom. The van der Waals surface area contributed by atoms with Gasteiger partial charge in [-0.15, -0.1) is 20.4 Å². The molecule has 1 heterocycles. The molecule has 0 fully saturated rings. The highest BCUT2D eigenvalue weighted by atomic mass is 16.4. The molecule has 2 N–H and O–H groups in total. The lowest BCUT2D eigenvalue weighted by molar-refractivity contribution is 0.0697. The highest BCUT2D eigenvalue weighted by molar-refractivity contribution is 5.89. The Balaban J connectivity index is 1.64. The zero-order chi connectivity index (χ0) is 19.9. The molecule has 0 radical (unpaired) electrons. The van der Waals surface area contributed by atoms with E-state index >= 15 is 0 Å². The number of aliphatic hydroxyl groups excluding tert-OH is 1. The normalized spacial score (nSPS) is 11.1. The van der Waals surface area contributed by atoms with Crippen LogP contribution in [0.4, 0.5) is 11.9 Å². The summed E-state index contributed by atoms with van der Waals surface area (Å²) in [5.74, 6) is -0.882. The molecule has 28 heavy (non-hydrogen) atoms. The van der Waals surface area contributed by atoms with Crippen LogP contribution in [0.1, 0.15) is 27.0 Å². The van der Waals surface area contributed by atoms with Gasteiger partial charge in [-0.05, 0) is 23.3 Å². The molecular formula is C19H14N6O3. The van der Waals surface area contributed by atoms with E-state index in [1.807, 2.05) is 0 Å². The van der Waals surface area contributed by atoms with Crippen molar-refractivity contribution in [3.8, 4) is 0 Å². The summed E-state index contributed by atoms with van der Waals surface area (Å²) in [6, 6.07) is 13.1. The van der Waals surface area contributed by atoms with Gasteiger partial charge in [0.15, 0.2) is 0 Å². The van der Waals surface area contributed by atoms with Crippen molar-refractivity contribution in [1.29, 1.82) is 0 Å². The van der Waals surface area contributed by atoms with Gasteiger partial charge >= 0.3 is 5.97 Å². The molecule has 0 unspecified atom stereocenters. The van der Waals surface area contributed by atoms with Crippen molar-refractivity contribution in [1.82, 2.24) is 20.4 Å². The fourth-order valence-electron chi connectivity index (χ4n) is 2.06. The average Bonchev–Trinajstić information content (AvgIpc) is 2.72. The van der Waals surface area contributed by atoms with Gasteiger partial charge in [0.2, 0.25) is 0 Å². The number of carboxylic acid groups (broad SMARTS) is 1. The van der Waals surface area contributed by atoms with Crippen molar-refractivity contribution < 1.29 is 15.0 Å². The van der Waals surface area contributed by atoms with E-state index < -0.39 is 5.97 Å². The number of aliphatic imine (C=N–C) groups is 2. The lowest BCUT2D eigenvalue weighted by Gasteiger charge is -1.98. The Hall–Kier alpha value is -4.27. The maximum atomic E-state index is 10.8. The van der Waals surface area contributed by atoms with Crippen LogP contribution < -0.4 is 0 Å². The summed E-state index contributed by atoms with van der Waals surface area (Å²) in [5.41, 5.74) is 2.27. The Kier molecular flexibility index (Phi) is 5.56. The van der Waals surface area contributed by atoms with E-state index in [9.17, 15) is 9.90 Å². The lowest BCUT2D eigenvalue weighted by atomic mass is 10.1. The molecule has 138 valence electrons. The molecule has 2 aromatic carbocycles. The summed E-state index contributed by atoms with van der Waals surface area (Å²) in [6.07, 6.45) is 3.01. The summed E-state index contributed by atoms with van der Waals surface area (Å²) >= 11 is 0. The summed E-state index contributed by atoms with van der Waals surface area (Å²) in [7, 11) is 0. The van der Waals surface area contributed by atoms with E-state index in [2.05, 4.69) is 37.0 Å². The highest BCUT2D eigenvalue weighted by Crippen LogP contribution is 2.10. The molecule has 3 rings (SSSR count).